The van der Waals surface area contributed by atoms with Gasteiger partial charge in [0.15, 0.2) is 0 Å². The van der Waals surface area contributed by atoms with Crippen LogP contribution in [0.5, 0.6) is 0 Å². The smallest absolute Gasteiger partial charge is 0.253 e. The van der Waals surface area contributed by atoms with Crippen LogP contribution in [0.2, 0.25) is 0 Å². The van der Waals surface area contributed by atoms with Gasteiger partial charge in [-0.15, -0.1) is 10.2 Å². The van der Waals surface area contributed by atoms with E-state index in [0.29, 0.717) is 23.3 Å². The monoisotopic (exact) mass is 339 g/mol. The molecule has 0 saturated heterocycles. The number of halogens is 1. The third-order valence-corrected chi connectivity index (χ3v) is 4.68. The molecule has 0 fully saturated rings. The summed E-state index contributed by atoms with van der Waals surface area (Å²) in [5.74, 6) is 1.34. The average molecular weight is 339 g/mol. The summed E-state index contributed by atoms with van der Waals surface area (Å²) < 4.78 is 15.4. The molecule has 128 valence electrons. The minimum Gasteiger partial charge on any atom is -0.347 e. The number of fused-ring (bicyclic) bond motifs is 2. The summed E-state index contributed by atoms with van der Waals surface area (Å²) in [5.41, 5.74) is 1.66. The number of carbonyl (C=O) groups is 1. The van der Waals surface area contributed by atoms with Gasteiger partial charge in [-0.3, -0.25) is 9.78 Å². The quantitative estimate of drug-likeness (QED) is 0.778. The zero-order valence-corrected chi connectivity index (χ0v) is 14.1. The van der Waals surface area contributed by atoms with E-state index in [9.17, 15) is 9.18 Å². The SMILES string of the molecule is Cc1nc2cc(F)ccc2cc1C(=O)NC1CCc2nnc(C)n2C1. The van der Waals surface area contributed by atoms with Crippen LogP contribution < -0.4 is 5.32 Å². The fourth-order valence-electron chi connectivity index (χ4n) is 3.31. The van der Waals surface area contributed by atoms with Gasteiger partial charge in [-0.05, 0) is 38.5 Å². The topological polar surface area (TPSA) is 72.7 Å². The Morgan fingerprint density at radius 3 is 2.96 bits per heavy atom. The van der Waals surface area contributed by atoms with Gasteiger partial charge in [-0.2, -0.15) is 0 Å². The van der Waals surface area contributed by atoms with Gasteiger partial charge in [-0.25, -0.2) is 4.39 Å². The number of pyridine rings is 1. The van der Waals surface area contributed by atoms with Crippen molar-refractivity contribution in [1.82, 2.24) is 25.1 Å². The van der Waals surface area contributed by atoms with Gasteiger partial charge in [0.25, 0.3) is 5.91 Å². The van der Waals surface area contributed by atoms with E-state index in [1.165, 1.54) is 12.1 Å². The average Bonchev–Trinajstić information content (AvgIpc) is 2.95. The molecule has 0 saturated carbocycles. The number of nitrogens with one attached hydrogen (secondary N) is 1. The Kier molecular flexibility index (Phi) is 3.71. The lowest BCUT2D eigenvalue weighted by molar-refractivity contribution is 0.0926. The Morgan fingerprint density at radius 2 is 2.12 bits per heavy atom. The lowest BCUT2D eigenvalue weighted by Crippen LogP contribution is -2.41. The molecule has 1 aliphatic heterocycles. The molecule has 1 aromatic carbocycles. The molecule has 4 rings (SSSR count). The molecule has 25 heavy (non-hydrogen) atoms. The first-order chi connectivity index (χ1) is 12.0. The fourth-order valence-corrected chi connectivity index (χ4v) is 3.31. The maximum Gasteiger partial charge on any atom is 0.253 e. The highest BCUT2D eigenvalue weighted by molar-refractivity contribution is 5.98. The van der Waals surface area contributed by atoms with Crippen LogP contribution in [-0.2, 0) is 13.0 Å². The Morgan fingerprint density at radius 1 is 1.28 bits per heavy atom. The number of carbonyl (C=O) groups excluding carboxylic acids is 1. The molecule has 0 radical (unpaired) electrons. The van der Waals surface area contributed by atoms with Gasteiger partial charge in [0.1, 0.15) is 17.5 Å². The number of aryl methyl sites for hydroxylation is 3. The number of hydrogen-bond donors (Lipinski definition) is 1. The molecule has 1 N–H and O–H groups in total. The molecule has 7 heteroatoms. The molecule has 3 heterocycles. The molecule has 1 atom stereocenters. The van der Waals surface area contributed by atoms with Crippen LogP contribution in [0.15, 0.2) is 24.3 Å². The highest BCUT2D eigenvalue weighted by Gasteiger charge is 2.24. The molecule has 3 aromatic rings. The summed E-state index contributed by atoms with van der Waals surface area (Å²) in [6.45, 7) is 4.35. The van der Waals surface area contributed by atoms with Crippen molar-refractivity contribution in [3.63, 3.8) is 0 Å². The molecule has 1 aliphatic rings. The van der Waals surface area contributed by atoms with E-state index in [0.717, 1.165) is 29.9 Å². The highest BCUT2D eigenvalue weighted by atomic mass is 19.1. The normalized spacial score (nSPS) is 16.7. The zero-order valence-electron chi connectivity index (χ0n) is 14.1. The molecule has 1 unspecified atom stereocenters. The van der Waals surface area contributed by atoms with Crippen molar-refractivity contribution in [2.45, 2.75) is 39.3 Å². The van der Waals surface area contributed by atoms with Crippen molar-refractivity contribution in [3.8, 4) is 0 Å². The van der Waals surface area contributed by atoms with E-state index in [1.54, 1.807) is 19.1 Å². The first-order valence-corrected chi connectivity index (χ1v) is 8.28. The maximum atomic E-state index is 13.3. The Bertz CT molecular complexity index is 981. The summed E-state index contributed by atoms with van der Waals surface area (Å²) >= 11 is 0. The molecule has 0 spiro atoms. The summed E-state index contributed by atoms with van der Waals surface area (Å²) in [5, 5.41) is 12.1. The molecule has 2 aromatic heterocycles. The van der Waals surface area contributed by atoms with E-state index in [4.69, 9.17) is 0 Å². The lowest BCUT2D eigenvalue weighted by atomic mass is 10.0. The molecule has 0 bridgehead atoms. The summed E-state index contributed by atoms with van der Waals surface area (Å²) in [6, 6.07) is 6.18. The van der Waals surface area contributed by atoms with Crippen molar-refractivity contribution in [2.75, 3.05) is 0 Å². The Labute approximate surface area is 144 Å². The van der Waals surface area contributed by atoms with Crippen molar-refractivity contribution in [2.24, 2.45) is 0 Å². The summed E-state index contributed by atoms with van der Waals surface area (Å²) in [7, 11) is 0. The third kappa shape index (κ3) is 2.86. The summed E-state index contributed by atoms with van der Waals surface area (Å²) in [6.07, 6.45) is 1.62. The first kappa shape index (κ1) is 15.7. The van der Waals surface area contributed by atoms with Gasteiger partial charge in [0.2, 0.25) is 0 Å². The van der Waals surface area contributed by atoms with Crippen LogP contribution in [0.25, 0.3) is 10.9 Å². The number of benzene rings is 1. The standard InChI is InChI=1S/C18H18FN5O/c1-10-15(7-12-3-4-13(19)8-16(12)20-10)18(25)21-14-5-6-17-23-22-11(2)24(17)9-14/h3-4,7-8,14H,5-6,9H2,1-2H3,(H,21,25). The lowest BCUT2D eigenvalue weighted by Gasteiger charge is -2.25. The molecule has 0 aliphatic carbocycles. The van der Waals surface area contributed by atoms with Crippen LogP contribution in [0.4, 0.5) is 4.39 Å². The predicted octanol–water partition coefficient (Wildman–Crippen LogP) is 2.33. The first-order valence-electron chi connectivity index (χ1n) is 8.28. The van der Waals surface area contributed by atoms with E-state index in [2.05, 4.69) is 20.5 Å². The van der Waals surface area contributed by atoms with Crippen LogP contribution in [0, 0.1) is 19.7 Å². The molecular weight excluding hydrogens is 321 g/mol. The van der Waals surface area contributed by atoms with Crippen molar-refractivity contribution >= 4 is 16.8 Å². The molecule has 1 amide bonds. The highest BCUT2D eigenvalue weighted by Crippen LogP contribution is 2.19. The Hall–Kier alpha value is -2.83. The van der Waals surface area contributed by atoms with E-state index in [-0.39, 0.29) is 17.8 Å². The van der Waals surface area contributed by atoms with Gasteiger partial charge in [0.05, 0.1) is 16.8 Å². The van der Waals surface area contributed by atoms with Crippen molar-refractivity contribution in [1.29, 1.82) is 0 Å². The minimum absolute atomic E-state index is 0.0259. The molecule has 6 nitrogen and oxygen atoms in total. The van der Waals surface area contributed by atoms with E-state index >= 15 is 0 Å². The third-order valence-electron chi connectivity index (χ3n) is 4.68. The largest absolute Gasteiger partial charge is 0.347 e. The number of nitrogens with zero attached hydrogens (tertiary/aromatic N) is 4. The van der Waals surface area contributed by atoms with Gasteiger partial charge in [-0.1, -0.05) is 0 Å². The molecular formula is C18H18FN5O. The second-order valence-electron chi connectivity index (χ2n) is 6.44. The second kappa shape index (κ2) is 5.91. The van der Waals surface area contributed by atoms with Gasteiger partial charge >= 0.3 is 0 Å². The maximum absolute atomic E-state index is 13.3. The number of amides is 1. The van der Waals surface area contributed by atoms with Crippen LogP contribution in [0.1, 0.15) is 34.1 Å². The van der Waals surface area contributed by atoms with Gasteiger partial charge < -0.3 is 9.88 Å². The zero-order chi connectivity index (χ0) is 17.6. The fraction of sp³-hybridized carbons (Fsp3) is 0.333. The van der Waals surface area contributed by atoms with Crippen molar-refractivity contribution in [3.05, 3.63) is 53.0 Å². The Balaban J connectivity index is 1.57. The van der Waals surface area contributed by atoms with Crippen LogP contribution >= 0.6 is 0 Å². The van der Waals surface area contributed by atoms with Gasteiger partial charge in [0, 0.05) is 30.5 Å². The number of rotatable bonds is 2. The van der Waals surface area contributed by atoms with Crippen LogP contribution in [0.3, 0.4) is 0 Å². The number of aromatic nitrogens is 4. The number of hydrogen-bond acceptors (Lipinski definition) is 4. The predicted molar refractivity (Wildman–Crippen MR) is 90.8 cm³/mol. The minimum atomic E-state index is -0.334. The van der Waals surface area contributed by atoms with Crippen LogP contribution in [-0.4, -0.2) is 31.7 Å². The van der Waals surface area contributed by atoms with E-state index < -0.39 is 0 Å². The second-order valence-corrected chi connectivity index (χ2v) is 6.44. The van der Waals surface area contributed by atoms with E-state index in [1.807, 2.05) is 11.5 Å². The summed E-state index contributed by atoms with van der Waals surface area (Å²) in [4.78, 5) is 17.1. The van der Waals surface area contributed by atoms with Crippen molar-refractivity contribution < 1.29 is 9.18 Å².